The SMILES string of the molecule is CCC(=NCc1ccco1)C1C(=O)NC(=O)NC1=O. The predicted octanol–water partition coefficient (Wildman–Crippen LogP) is 0.613. The van der Waals surface area contributed by atoms with Gasteiger partial charge in [0.2, 0.25) is 11.8 Å². The smallest absolute Gasteiger partial charge is 0.328 e. The Morgan fingerprint density at radius 3 is 2.53 bits per heavy atom. The topological polar surface area (TPSA) is 101 Å². The lowest BCUT2D eigenvalue weighted by Gasteiger charge is -2.21. The molecule has 0 aliphatic carbocycles. The highest BCUT2D eigenvalue weighted by Crippen LogP contribution is 2.11. The minimum atomic E-state index is -1.06. The van der Waals surface area contributed by atoms with Crippen molar-refractivity contribution in [3.05, 3.63) is 24.2 Å². The molecule has 19 heavy (non-hydrogen) atoms. The molecule has 0 spiro atoms. The number of nitrogens with zero attached hydrogens (tertiary/aromatic N) is 1. The molecule has 0 bridgehead atoms. The summed E-state index contributed by atoms with van der Waals surface area (Å²) in [5, 5.41) is 4.11. The standard InChI is InChI=1S/C12H13N3O4/c1-2-8(13-6-7-4-3-5-19-7)9-10(16)14-12(18)15-11(9)17/h3-5,9H,2,6H2,1H3,(H2,14,15,16,17,18). The Balaban J connectivity index is 2.16. The molecule has 1 aliphatic rings. The maximum atomic E-state index is 11.7. The number of hydrogen-bond donors (Lipinski definition) is 2. The van der Waals surface area contributed by atoms with E-state index in [1.807, 2.05) is 0 Å². The second kappa shape index (κ2) is 5.47. The van der Waals surface area contributed by atoms with E-state index in [4.69, 9.17) is 4.42 Å². The van der Waals surface area contributed by atoms with Crippen molar-refractivity contribution in [1.82, 2.24) is 10.6 Å². The molecule has 0 saturated carbocycles. The minimum Gasteiger partial charge on any atom is -0.467 e. The lowest BCUT2D eigenvalue weighted by Crippen LogP contribution is -2.57. The van der Waals surface area contributed by atoms with E-state index >= 15 is 0 Å². The Kier molecular flexibility index (Phi) is 3.74. The van der Waals surface area contributed by atoms with Crippen LogP contribution in [0.25, 0.3) is 0 Å². The Hall–Kier alpha value is -2.44. The lowest BCUT2D eigenvalue weighted by atomic mass is 9.97. The lowest BCUT2D eigenvalue weighted by molar-refractivity contribution is -0.132. The number of imide groups is 2. The first-order valence-corrected chi connectivity index (χ1v) is 5.83. The van der Waals surface area contributed by atoms with Gasteiger partial charge < -0.3 is 4.42 Å². The molecule has 1 aromatic heterocycles. The van der Waals surface area contributed by atoms with Gasteiger partial charge in [0.15, 0.2) is 5.92 Å². The maximum Gasteiger partial charge on any atom is 0.328 e. The van der Waals surface area contributed by atoms with Gasteiger partial charge in [-0.05, 0) is 18.6 Å². The normalized spacial score (nSPS) is 17.3. The van der Waals surface area contributed by atoms with Crippen molar-refractivity contribution in [2.24, 2.45) is 10.9 Å². The van der Waals surface area contributed by atoms with Gasteiger partial charge in [0, 0.05) is 5.71 Å². The van der Waals surface area contributed by atoms with Gasteiger partial charge >= 0.3 is 6.03 Å². The zero-order valence-electron chi connectivity index (χ0n) is 10.3. The first kappa shape index (κ1) is 13.0. The van der Waals surface area contributed by atoms with E-state index in [1.165, 1.54) is 6.26 Å². The number of aliphatic imine (C=N–C) groups is 1. The molecule has 100 valence electrons. The zero-order valence-corrected chi connectivity index (χ0v) is 10.3. The summed E-state index contributed by atoms with van der Waals surface area (Å²) in [6.45, 7) is 2.04. The third-order valence-electron chi connectivity index (χ3n) is 2.71. The third-order valence-corrected chi connectivity index (χ3v) is 2.71. The average molecular weight is 263 g/mol. The molecule has 7 nitrogen and oxygen atoms in total. The van der Waals surface area contributed by atoms with Crippen molar-refractivity contribution < 1.29 is 18.8 Å². The minimum absolute atomic E-state index is 0.251. The van der Waals surface area contributed by atoms with Crippen LogP contribution < -0.4 is 10.6 Å². The Labute approximate surface area is 109 Å². The van der Waals surface area contributed by atoms with Crippen LogP contribution in [0, 0.1) is 5.92 Å². The van der Waals surface area contributed by atoms with E-state index < -0.39 is 23.8 Å². The molecule has 1 saturated heterocycles. The Bertz CT molecular complexity index is 513. The van der Waals surface area contributed by atoms with Gasteiger partial charge in [-0.3, -0.25) is 25.2 Å². The van der Waals surface area contributed by atoms with Gasteiger partial charge in [0.1, 0.15) is 5.76 Å². The molecule has 2 rings (SSSR count). The number of hydrogen-bond acceptors (Lipinski definition) is 5. The fourth-order valence-corrected chi connectivity index (χ4v) is 1.81. The van der Waals surface area contributed by atoms with Crippen LogP contribution in [0.15, 0.2) is 27.8 Å². The van der Waals surface area contributed by atoms with Crippen LogP contribution in [0.1, 0.15) is 19.1 Å². The number of furan rings is 1. The van der Waals surface area contributed by atoms with Crippen LogP contribution in [0.4, 0.5) is 4.79 Å². The highest BCUT2D eigenvalue weighted by Gasteiger charge is 2.37. The average Bonchev–Trinajstić information content (AvgIpc) is 2.85. The predicted molar refractivity (Wildman–Crippen MR) is 65.3 cm³/mol. The summed E-state index contributed by atoms with van der Waals surface area (Å²) >= 11 is 0. The molecule has 0 unspecified atom stereocenters. The Morgan fingerprint density at radius 2 is 2.00 bits per heavy atom. The van der Waals surface area contributed by atoms with E-state index in [9.17, 15) is 14.4 Å². The molecule has 1 aromatic rings. The summed E-state index contributed by atoms with van der Waals surface area (Å²) in [5.74, 6) is -1.71. The number of nitrogens with one attached hydrogen (secondary N) is 2. The van der Waals surface area contributed by atoms with Gasteiger partial charge in [0.25, 0.3) is 0 Å². The molecule has 0 atom stereocenters. The van der Waals surface area contributed by atoms with Gasteiger partial charge in [0.05, 0.1) is 12.8 Å². The Morgan fingerprint density at radius 1 is 1.32 bits per heavy atom. The largest absolute Gasteiger partial charge is 0.467 e. The van der Waals surface area contributed by atoms with Crippen LogP contribution in [-0.4, -0.2) is 23.6 Å². The van der Waals surface area contributed by atoms with Gasteiger partial charge in [-0.15, -0.1) is 0 Å². The zero-order chi connectivity index (χ0) is 13.8. The second-order valence-electron chi connectivity index (χ2n) is 3.98. The summed E-state index contributed by atoms with van der Waals surface area (Å²) in [4.78, 5) is 38.5. The van der Waals surface area contributed by atoms with E-state index in [1.54, 1.807) is 19.1 Å². The van der Waals surface area contributed by atoms with E-state index in [2.05, 4.69) is 15.6 Å². The molecule has 0 aromatic carbocycles. The summed E-state index contributed by atoms with van der Waals surface area (Å²) in [6.07, 6.45) is 1.95. The summed E-state index contributed by atoms with van der Waals surface area (Å²) < 4.78 is 5.12. The highest BCUT2D eigenvalue weighted by molar-refractivity contribution is 6.27. The molecule has 4 amide bonds. The second-order valence-corrected chi connectivity index (χ2v) is 3.98. The quantitative estimate of drug-likeness (QED) is 0.614. The van der Waals surface area contributed by atoms with Crippen molar-refractivity contribution in [2.45, 2.75) is 19.9 Å². The van der Waals surface area contributed by atoms with E-state index in [0.29, 0.717) is 17.9 Å². The van der Waals surface area contributed by atoms with Gasteiger partial charge in [-0.25, -0.2) is 4.79 Å². The molecule has 2 N–H and O–H groups in total. The molecule has 2 heterocycles. The number of rotatable bonds is 4. The maximum absolute atomic E-state index is 11.7. The van der Waals surface area contributed by atoms with Crippen LogP contribution in [0.3, 0.4) is 0 Å². The number of urea groups is 1. The summed E-state index contributed by atoms with van der Waals surface area (Å²) in [7, 11) is 0. The van der Waals surface area contributed by atoms with Crippen LogP contribution in [0.5, 0.6) is 0 Å². The van der Waals surface area contributed by atoms with Crippen molar-refractivity contribution in [3.63, 3.8) is 0 Å². The van der Waals surface area contributed by atoms with Crippen molar-refractivity contribution in [1.29, 1.82) is 0 Å². The molecule has 7 heteroatoms. The van der Waals surface area contributed by atoms with Crippen molar-refractivity contribution in [3.8, 4) is 0 Å². The molecule has 0 radical (unpaired) electrons. The summed E-state index contributed by atoms with van der Waals surface area (Å²) in [5.41, 5.74) is 0.416. The number of carbonyl (C=O) groups excluding carboxylic acids is 3. The number of carbonyl (C=O) groups is 3. The highest BCUT2D eigenvalue weighted by atomic mass is 16.3. The molecule has 1 aliphatic heterocycles. The third kappa shape index (κ3) is 2.87. The molecule has 1 fully saturated rings. The monoisotopic (exact) mass is 263 g/mol. The van der Waals surface area contributed by atoms with Gasteiger partial charge in [-0.2, -0.15) is 0 Å². The molecular weight excluding hydrogens is 250 g/mol. The number of amides is 4. The van der Waals surface area contributed by atoms with E-state index in [0.717, 1.165) is 0 Å². The van der Waals surface area contributed by atoms with Crippen molar-refractivity contribution >= 4 is 23.6 Å². The fraction of sp³-hybridized carbons (Fsp3) is 0.333. The first-order chi connectivity index (χ1) is 9.11. The number of barbiturate groups is 1. The van der Waals surface area contributed by atoms with Gasteiger partial charge in [-0.1, -0.05) is 6.92 Å². The van der Waals surface area contributed by atoms with E-state index in [-0.39, 0.29) is 6.54 Å². The summed E-state index contributed by atoms with van der Waals surface area (Å²) in [6, 6.07) is 2.68. The van der Waals surface area contributed by atoms with Crippen LogP contribution in [-0.2, 0) is 16.1 Å². The first-order valence-electron chi connectivity index (χ1n) is 5.83. The fourth-order valence-electron chi connectivity index (χ4n) is 1.81. The van der Waals surface area contributed by atoms with Crippen LogP contribution >= 0.6 is 0 Å². The van der Waals surface area contributed by atoms with Crippen LogP contribution in [0.2, 0.25) is 0 Å². The van der Waals surface area contributed by atoms with Crippen molar-refractivity contribution in [2.75, 3.05) is 0 Å². The molecular formula is C12H13N3O4.